The SMILES string of the molecule is CCC(C)(C)NC(=O)CS(=O)(=O)c1cc(N)ccc1Cl. The molecule has 0 atom stereocenters. The summed E-state index contributed by atoms with van der Waals surface area (Å²) in [4.78, 5) is 11.7. The van der Waals surface area contributed by atoms with Crippen LogP contribution in [0.3, 0.4) is 0 Å². The fourth-order valence-electron chi connectivity index (χ4n) is 1.51. The lowest BCUT2D eigenvalue weighted by atomic mass is 10.0. The number of amides is 1. The molecule has 1 rings (SSSR count). The second kappa shape index (κ2) is 6.01. The number of halogens is 1. The van der Waals surface area contributed by atoms with Crippen molar-refractivity contribution in [1.82, 2.24) is 5.32 Å². The molecule has 1 amide bonds. The predicted octanol–water partition coefficient (Wildman–Crippen LogP) is 2.00. The molecule has 5 nitrogen and oxygen atoms in total. The van der Waals surface area contributed by atoms with E-state index >= 15 is 0 Å². The summed E-state index contributed by atoms with van der Waals surface area (Å²) in [6.45, 7) is 5.56. The van der Waals surface area contributed by atoms with Crippen LogP contribution in [0.4, 0.5) is 5.69 Å². The van der Waals surface area contributed by atoms with Crippen molar-refractivity contribution < 1.29 is 13.2 Å². The number of nitrogens with one attached hydrogen (secondary N) is 1. The van der Waals surface area contributed by atoms with Gasteiger partial charge in [0, 0.05) is 11.2 Å². The highest BCUT2D eigenvalue weighted by Crippen LogP contribution is 2.24. The Balaban J connectivity index is 2.96. The molecule has 0 heterocycles. The standard InChI is InChI=1S/C13H19ClN2O3S/c1-4-13(2,3)16-12(17)8-20(18,19)11-7-9(15)5-6-10(11)14/h5-7H,4,8,15H2,1-3H3,(H,16,17). The molecule has 0 unspecified atom stereocenters. The van der Waals surface area contributed by atoms with Crippen molar-refractivity contribution in [2.45, 2.75) is 37.6 Å². The molecule has 112 valence electrons. The van der Waals surface area contributed by atoms with Crippen LogP contribution in [0.1, 0.15) is 27.2 Å². The number of rotatable bonds is 5. The molecule has 0 aromatic heterocycles. The van der Waals surface area contributed by atoms with Crippen LogP contribution in [0.15, 0.2) is 23.1 Å². The number of nitrogen functional groups attached to an aromatic ring is 1. The van der Waals surface area contributed by atoms with Crippen LogP contribution in [-0.4, -0.2) is 25.6 Å². The van der Waals surface area contributed by atoms with Crippen molar-refractivity contribution in [2.75, 3.05) is 11.5 Å². The molecular formula is C13H19ClN2O3S. The fraction of sp³-hybridized carbons (Fsp3) is 0.462. The van der Waals surface area contributed by atoms with Gasteiger partial charge in [0.2, 0.25) is 5.91 Å². The molecule has 0 spiro atoms. The Labute approximate surface area is 124 Å². The molecule has 0 radical (unpaired) electrons. The number of anilines is 1. The van der Waals surface area contributed by atoms with E-state index < -0.39 is 27.0 Å². The largest absolute Gasteiger partial charge is 0.399 e. The van der Waals surface area contributed by atoms with Gasteiger partial charge in [-0.05, 0) is 38.5 Å². The number of carbonyl (C=O) groups excluding carboxylic acids is 1. The van der Waals surface area contributed by atoms with Gasteiger partial charge in [0.1, 0.15) is 5.75 Å². The Kier molecular flexibility index (Phi) is 5.05. The lowest BCUT2D eigenvalue weighted by Gasteiger charge is -2.24. The first-order valence-corrected chi connectivity index (χ1v) is 8.19. The van der Waals surface area contributed by atoms with Gasteiger partial charge in [-0.1, -0.05) is 18.5 Å². The summed E-state index contributed by atoms with van der Waals surface area (Å²) in [5.41, 5.74) is 5.38. The molecule has 0 bridgehead atoms. The summed E-state index contributed by atoms with van der Waals surface area (Å²) in [7, 11) is -3.82. The average molecular weight is 319 g/mol. The van der Waals surface area contributed by atoms with Gasteiger partial charge in [-0.3, -0.25) is 4.79 Å². The molecule has 0 aliphatic heterocycles. The zero-order valence-corrected chi connectivity index (χ0v) is 13.3. The Morgan fingerprint density at radius 3 is 2.55 bits per heavy atom. The summed E-state index contributed by atoms with van der Waals surface area (Å²) in [5, 5.41) is 2.73. The lowest BCUT2D eigenvalue weighted by molar-refractivity contribution is -0.120. The predicted molar refractivity (Wildman–Crippen MR) is 80.4 cm³/mol. The normalized spacial score (nSPS) is 12.2. The molecule has 0 saturated heterocycles. The van der Waals surface area contributed by atoms with Crippen LogP contribution in [0.25, 0.3) is 0 Å². The van der Waals surface area contributed by atoms with Gasteiger partial charge in [0.25, 0.3) is 0 Å². The minimum Gasteiger partial charge on any atom is -0.399 e. The quantitative estimate of drug-likeness (QED) is 0.813. The van der Waals surface area contributed by atoms with E-state index in [1.54, 1.807) is 0 Å². The van der Waals surface area contributed by atoms with Crippen LogP contribution in [0, 0.1) is 0 Å². The summed E-state index contributed by atoms with van der Waals surface area (Å²) >= 11 is 5.86. The Morgan fingerprint density at radius 1 is 1.40 bits per heavy atom. The van der Waals surface area contributed by atoms with Crippen molar-refractivity contribution in [2.24, 2.45) is 0 Å². The zero-order valence-electron chi connectivity index (χ0n) is 11.7. The monoisotopic (exact) mass is 318 g/mol. The van der Waals surface area contributed by atoms with Crippen LogP contribution in [0.5, 0.6) is 0 Å². The highest BCUT2D eigenvalue weighted by atomic mass is 35.5. The minimum atomic E-state index is -3.82. The molecule has 0 aliphatic carbocycles. The highest BCUT2D eigenvalue weighted by molar-refractivity contribution is 7.92. The molecule has 3 N–H and O–H groups in total. The van der Waals surface area contributed by atoms with Crippen LogP contribution >= 0.6 is 11.6 Å². The summed E-state index contributed by atoms with van der Waals surface area (Å²) < 4.78 is 24.4. The van der Waals surface area contributed by atoms with E-state index in [4.69, 9.17) is 17.3 Å². The van der Waals surface area contributed by atoms with E-state index in [9.17, 15) is 13.2 Å². The molecule has 0 saturated carbocycles. The molecule has 0 fully saturated rings. The third-order valence-corrected chi connectivity index (χ3v) is 5.06. The Hall–Kier alpha value is -1.27. The van der Waals surface area contributed by atoms with Crippen LogP contribution in [-0.2, 0) is 14.6 Å². The third-order valence-electron chi connectivity index (χ3n) is 2.97. The Morgan fingerprint density at radius 2 is 2.00 bits per heavy atom. The smallest absolute Gasteiger partial charge is 0.235 e. The molecule has 0 aliphatic rings. The van der Waals surface area contributed by atoms with Gasteiger partial charge in [-0.2, -0.15) is 0 Å². The summed E-state index contributed by atoms with van der Waals surface area (Å²) in [6.07, 6.45) is 0.692. The van der Waals surface area contributed by atoms with E-state index in [1.807, 2.05) is 20.8 Å². The first-order chi connectivity index (χ1) is 9.07. The van der Waals surface area contributed by atoms with Crippen molar-refractivity contribution >= 4 is 33.0 Å². The van der Waals surface area contributed by atoms with E-state index in [0.29, 0.717) is 6.42 Å². The average Bonchev–Trinajstić information content (AvgIpc) is 2.30. The molecule has 7 heteroatoms. The topological polar surface area (TPSA) is 89.3 Å². The van der Waals surface area contributed by atoms with Crippen LogP contribution < -0.4 is 11.1 Å². The minimum absolute atomic E-state index is 0.0572. The van der Waals surface area contributed by atoms with Crippen LogP contribution in [0.2, 0.25) is 5.02 Å². The van der Waals surface area contributed by atoms with Gasteiger partial charge in [-0.15, -0.1) is 0 Å². The first kappa shape index (κ1) is 16.8. The van der Waals surface area contributed by atoms with E-state index in [-0.39, 0.29) is 15.6 Å². The molecular weight excluding hydrogens is 300 g/mol. The van der Waals surface area contributed by atoms with Gasteiger partial charge in [0.15, 0.2) is 9.84 Å². The number of sulfone groups is 1. The maximum absolute atomic E-state index is 12.2. The molecule has 1 aromatic carbocycles. The van der Waals surface area contributed by atoms with E-state index in [1.165, 1.54) is 18.2 Å². The number of carbonyl (C=O) groups is 1. The van der Waals surface area contributed by atoms with Crippen molar-refractivity contribution in [3.63, 3.8) is 0 Å². The molecule has 1 aromatic rings. The van der Waals surface area contributed by atoms with Gasteiger partial charge in [-0.25, -0.2) is 8.42 Å². The second-order valence-electron chi connectivity index (χ2n) is 5.23. The number of hydrogen-bond donors (Lipinski definition) is 2. The van der Waals surface area contributed by atoms with E-state index in [2.05, 4.69) is 5.32 Å². The number of hydrogen-bond acceptors (Lipinski definition) is 4. The van der Waals surface area contributed by atoms with Crippen molar-refractivity contribution in [3.05, 3.63) is 23.2 Å². The van der Waals surface area contributed by atoms with Crippen molar-refractivity contribution in [3.8, 4) is 0 Å². The van der Waals surface area contributed by atoms with Gasteiger partial charge in [0.05, 0.1) is 9.92 Å². The highest BCUT2D eigenvalue weighted by Gasteiger charge is 2.25. The summed E-state index contributed by atoms with van der Waals surface area (Å²) in [5.74, 6) is -1.21. The molecule has 20 heavy (non-hydrogen) atoms. The van der Waals surface area contributed by atoms with Gasteiger partial charge < -0.3 is 11.1 Å². The fourth-order valence-corrected chi connectivity index (χ4v) is 3.23. The van der Waals surface area contributed by atoms with E-state index in [0.717, 1.165) is 0 Å². The number of benzene rings is 1. The Bertz CT molecular complexity index is 612. The second-order valence-corrected chi connectivity index (χ2v) is 7.60. The summed E-state index contributed by atoms with van der Waals surface area (Å²) in [6, 6.07) is 4.16. The number of nitrogens with two attached hydrogens (primary N) is 1. The maximum Gasteiger partial charge on any atom is 0.235 e. The lowest BCUT2D eigenvalue weighted by Crippen LogP contribution is -2.45. The zero-order chi connectivity index (χ0) is 15.6. The first-order valence-electron chi connectivity index (χ1n) is 6.16. The van der Waals surface area contributed by atoms with Gasteiger partial charge >= 0.3 is 0 Å². The third kappa shape index (κ3) is 4.38. The van der Waals surface area contributed by atoms with Crippen molar-refractivity contribution in [1.29, 1.82) is 0 Å². The maximum atomic E-state index is 12.2.